The number of carbonyl (C=O) groups is 4. The highest BCUT2D eigenvalue weighted by atomic mass is 16.5. The summed E-state index contributed by atoms with van der Waals surface area (Å²) in [6.07, 6.45) is 1.41. The lowest BCUT2D eigenvalue weighted by atomic mass is 9.89. The fraction of sp³-hybridized carbons (Fsp3) is 0.300. The zero-order valence-electron chi connectivity index (χ0n) is 30.1. The number of nitrogens with two attached hydrogens (primary N) is 4. The fourth-order valence-electron chi connectivity index (χ4n) is 5.88. The highest BCUT2D eigenvalue weighted by molar-refractivity contribution is 5.95. The van der Waals surface area contributed by atoms with Gasteiger partial charge in [-0.3, -0.25) is 24.8 Å². The summed E-state index contributed by atoms with van der Waals surface area (Å²) >= 11 is 0. The molecule has 4 rings (SSSR count). The van der Waals surface area contributed by atoms with E-state index in [1.54, 1.807) is 12.1 Å². The zero-order valence-corrected chi connectivity index (χ0v) is 30.1. The number of fused-ring (bicyclic) bond motifs is 1. The normalized spacial score (nSPS) is 12.4. The maximum absolute atomic E-state index is 14.3. The van der Waals surface area contributed by atoms with E-state index in [4.69, 9.17) is 33.1 Å². The molecule has 3 atom stereocenters. The van der Waals surface area contributed by atoms with Gasteiger partial charge in [0.05, 0.1) is 5.92 Å². The van der Waals surface area contributed by atoms with Crippen molar-refractivity contribution in [3.8, 4) is 0 Å². The summed E-state index contributed by atoms with van der Waals surface area (Å²) in [5, 5.41) is 18.1. The van der Waals surface area contributed by atoms with Gasteiger partial charge in [-0.05, 0) is 66.0 Å². The monoisotopic (exact) mass is 735 g/mol. The van der Waals surface area contributed by atoms with Gasteiger partial charge in [-0.15, -0.1) is 0 Å². The second-order valence-corrected chi connectivity index (χ2v) is 12.9. The van der Waals surface area contributed by atoms with Gasteiger partial charge in [0.15, 0.2) is 5.96 Å². The number of benzene rings is 4. The number of primary amides is 1. The standard InChI is InChI=1S/C40H49N9O5/c41-35(42)29-17-15-26(16-18-29)23-32(31-20-19-28-11-4-5-12-30(28)24-31)37(51)49-34(38(52)48-33(36(43)50)14-8-22-46-39(44)45)13-6-7-21-47-40(53)54-25-27-9-2-1-3-10-27/h1-5,9-12,15-20,24,32-34H,6-8,13-14,21-23,25H2,(H3,41,42)(H2,43,50)(H,47,53)(H,48,52)(H,49,51)(H4,44,45,46)/t32-,33+,34+/m1/s1. The molecule has 0 saturated carbocycles. The number of unbranched alkanes of at least 4 members (excludes halogenated alkanes) is 1. The SMILES string of the molecule is N=C(N)c1ccc(C[C@@H](C(=O)N[C@@H](CCCCNC(=O)OCc2ccccc2)C(=O)N[C@@H](CCCN=C(N)N)C(N)=O)c2ccc3ccccc3c2)cc1. The Kier molecular flexibility index (Phi) is 15.4. The molecule has 54 heavy (non-hydrogen) atoms. The zero-order chi connectivity index (χ0) is 38.9. The third-order valence-corrected chi connectivity index (χ3v) is 8.84. The molecule has 4 aromatic rings. The van der Waals surface area contributed by atoms with Crippen LogP contribution in [-0.2, 0) is 32.1 Å². The van der Waals surface area contributed by atoms with Crippen molar-refractivity contribution in [1.82, 2.24) is 16.0 Å². The molecule has 0 spiro atoms. The first-order chi connectivity index (χ1) is 26.0. The molecule has 284 valence electrons. The molecule has 14 nitrogen and oxygen atoms in total. The number of amidine groups is 1. The first kappa shape index (κ1) is 40.3. The maximum Gasteiger partial charge on any atom is 0.407 e. The van der Waals surface area contributed by atoms with Crippen LogP contribution in [0.1, 0.15) is 60.3 Å². The Morgan fingerprint density at radius 2 is 1.37 bits per heavy atom. The molecule has 4 amide bonds. The summed E-state index contributed by atoms with van der Waals surface area (Å²) in [4.78, 5) is 56.6. The van der Waals surface area contributed by atoms with Crippen LogP contribution in [0.25, 0.3) is 10.8 Å². The number of aliphatic imine (C=N–C) groups is 1. The van der Waals surface area contributed by atoms with E-state index < -0.39 is 41.8 Å². The van der Waals surface area contributed by atoms with E-state index in [0.29, 0.717) is 31.2 Å². The van der Waals surface area contributed by atoms with Crippen molar-refractivity contribution in [3.63, 3.8) is 0 Å². The van der Waals surface area contributed by atoms with Crippen LogP contribution in [0.2, 0.25) is 0 Å². The number of carbonyl (C=O) groups excluding carboxylic acids is 4. The lowest BCUT2D eigenvalue weighted by Crippen LogP contribution is -2.53. The Balaban J connectivity index is 1.50. The average Bonchev–Trinajstić information content (AvgIpc) is 3.16. The van der Waals surface area contributed by atoms with Gasteiger partial charge < -0.3 is 43.6 Å². The third-order valence-electron chi connectivity index (χ3n) is 8.84. The lowest BCUT2D eigenvalue weighted by molar-refractivity contribution is -0.132. The van der Waals surface area contributed by atoms with Crippen molar-refractivity contribution in [1.29, 1.82) is 5.41 Å². The highest BCUT2D eigenvalue weighted by Crippen LogP contribution is 2.26. The average molecular weight is 736 g/mol. The van der Waals surface area contributed by atoms with Crippen LogP contribution in [0.4, 0.5) is 4.79 Å². The Morgan fingerprint density at radius 1 is 0.704 bits per heavy atom. The molecule has 0 aliphatic carbocycles. The number of guanidine groups is 1. The first-order valence-corrected chi connectivity index (χ1v) is 17.8. The quantitative estimate of drug-likeness (QED) is 0.0379. The molecule has 0 unspecified atom stereocenters. The van der Waals surface area contributed by atoms with Gasteiger partial charge in [0, 0.05) is 18.7 Å². The van der Waals surface area contributed by atoms with Crippen LogP contribution in [0.3, 0.4) is 0 Å². The number of nitrogen functional groups attached to an aromatic ring is 1. The number of hydrogen-bond acceptors (Lipinski definition) is 7. The summed E-state index contributed by atoms with van der Waals surface area (Å²) in [6, 6.07) is 28.0. The molecule has 0 aliphatic heterocycles. The van der Waals surface area contributed by atoms with Gasteiger partial charge >= 0.3 is 6.09 Å². The second-order valence-electron chi connectivity index (χ2n) is 12.9. The van der Waals surface area contributed by atoms with E-state index in [0.717, 1.165) is 27.5 Å². The van der Waals surface area contributed by atoms with E-state index in [-0.39, 0.29) is 44.3 Å². The third kappa shape index (κ3) is 13.0. The molecule has 4 aromatic carbocycles. The number of amides is 4. The summed E-state index contributed by atoms with van der Waals surface area (Å²) in [6.45, 7) is 0.650. The van der Waals surface area contributed by atoms with Gasteiger partial charge in [-0.2, -0.15) is 0 Å². The topological polar surface area (TPSA) is 254 Å². The minimum absolute atomic E-state index is 0.0657. The van der Waals surface area contributed by atoms with E-state index in [1.165, 1.54) is 0 Å². The second kappa shape index (κ2) is 20.6. The fourth-order valence-corrected chi connectivity index (χ4v) is 5.88. The number of rotatable bonds is 20. The predicted molar refractivity (Wildman–Crippen MR) is 209 cm³/mol. The van der Waals surface area contributed by atoms with Crippen LogP contribution >= 0.6 is 0 Å². The van der Waals surface area contributed by atoms with Crippen LogP contribution < -0.4 is 38.9 Å². The molecule has 0 fully saturated rings. The van der Waals surface area contributed by atoms with Crippen molar-refractivity contribution < 1.29 is 23.9 Å². The first-order valence-electron chi connectivity index (χ1n) is 17.8. The summed E-state index contributed by atoms with van der Waals surface area (Å²) < 4.78 is 5.27. The van der Waals surface area contributed by atoms with Crippen LogP contribution in [0, 0.1) is 5.41 Å². The molecule has 0 heterocycles. The Bertz CT molecular complexity index is 1910. The molecule has 0 aromatic heterocycles. The number of alkyl carbamates (subject to hydrolysis) is 1. The van der Waals surface area contributed by atoms with E-state index in [2.05, 4.69) is 20.9 Å². The van der Waals surface area contributed by atoms with E-state index in [1.807, 2.05) is 84.9 Å². The minimum atomic E-state index is -1.04. The number of nitrogens with zero attached hydrogens (tertiary/aromatic N) is 1. The van der Waals surface area contributed by atoms with Gasteiger partial charge in [0.1, 0.15) is 24.5 Å². The number of hydrogen-bond donors (Lipinski definition) is 8. The lowest BCUT2D eigenvalue weighted by Gasteiger charge is -2.25. The Morgan fingerprint density at radius 3 is 2.06 bits per heavy atom. The van der Waals surface area contributed by atoms with Crippen molar-refractivity contribution in [2.24, 2.45) is 27.9 Å². The molecule has 0 saturated heterocycles. The molecule has 0 aliphatic rings. The molecular formula is C40H49N9O5. The number of nitrogens with one attached hydrogen (secondary N) is 4. The summed E-state index contributed by atoms with van der Waals surface area (Å²) in [5.41, 5.74) is 25.1. The smallest absolute Gasteiger partial charge is 0.407 e. The molecule has 14 heteroatoms. The molecule has 0 radical (unpaired) electrons. The van der Waals surface area contributed by atoms with Crippen molar-refractivity contribution in [3.05, 3.63) is 119 Å². The molecule has 0 bridgehead atoms. The number of ether oxygens (including phenoxy) is 1. The van der Waals surface area contributed by atoms with E-state index in [9.17, 15) is 19.2 Å². The summed E-state index contributed by atoms with van der Waals surface area (Å²) in [7, 11) is 0. The van der Waals surface area contributed by atoms with Crippen molar-refractivity contribution in [2.75, 3.05) is 13.1 Å². The van der Waals surface area contributed by atoms with Gasteiger partial charge in [0.25, 0.3) is 0 Å². The maximum atomic E-state index is 14.3. The molecular weight excluding hydrogens is 686 g/mol. The van der Waals surface area contributed by atoms with Crippen LogP contribution in [0.15, 0.2) is 102 Å². The minimum Gasteiger partial charge on any atom is -0.445 e. The molecule has 12 N–H and O–H groups in total. The van der Waals surface area contributed by atoms with E-state index >= 15 is 0 Å². The van der Waals surface area contributed by atoms with Gasteiger partial charge in [-0.1, -0.05) is 97.1 Å². The Hall–Kier alpha value is -6.44. The Labute approximate surface area is 314 Å². The van der Waals surface area contributed by atoms with Crippen LogP contribution in [-0.4, -0.2) is 60.8 Å². The van der Waals surface area contributed by atoms with Gasteiger partial charge in [-0.25, -0.2) is 4.79 Å². The predicted octanol–water partition coefficient (Wildman–Crippen LogP) is 3.06. The van der Waals surface area contributed by atoms with Gasteiger partial charge in [0.2, 0.25) is 17.7 Å². The highest BCUT2D eigenvalue weighted by Gasteiger charge is 2.29. The largest absolute Gasteiger partial charge is 0.445 e. The van der Waals surface area contributed by atoms with Crippen LogP contribution in [0.5, 0.6) is 0 Å². The summed E-state index contributed by atoms with van der Waals surface area (Å²) in [5.74, 6) is -2.57. The van der Waals surface area contributed by atoms with Crippen molar-refractivity contribution >= 4 is 46.4 Å². The van der Waals surface area contributed by atoms with Crippen molar-refractivity contribution in [2.45, 2.75) is 63.1 Å².